The molecule has 0 aromatic heterocycles. The summed E-state index contributed by atoms with van der Waals surface area (Å²) < 4.78 is 12.0. The van der Waals surface area contributed by atoms with E-state index in [4.69, 9.17) is 9.47 Å². The largest absolute Gasteiger partial charge is 0.346 e. The summed E-state index contributed by atoms with van der Waals surface area (Å²) in [6.07, 6.45) is 11.0. The SMILES string of the molecule is C=CC(OCC)(OCC)C(CCCCCCCC)C(C)C. The lowest BCUT2D eigenvalue weighted by atomic mass is 9.82. The van der Waals surface area contributed by atoms with Gasteiger partial charge in [0.25, 0.3) is 0 Å². The van der Waals surface area contributed by atoms with Crippen molar-refractivity contribution >= 4 is 0 Å². The summed E-state index contributed by atoms with van der Waals surface area (Å²) in [7, 11) is 0. The van der Waals surface area contributed by atoms with Crippen LogP contribution in [0.2, 0.25) is 0 Å². The Morgan fingerprint density at radius 2 is 1.43 bits per heavy atom. The molecule has 0 radical (unpaired) electrons. The molecule has 0 saturated carbocycles. The van der Waals surface area contributed by atoms with Crippen LogP contribution >= 0.6 is 0 Å². The molecule has 0 bridgehead atoms. The second-order valence-corrected chi connectivity index (χ2v) is 6.20. The molecule has 0 spiro atoms. The maximum absolute atomic E-state index is 6.00. The van der Waals surface area contributed by atoms with Crippen LogP contribution < -0.4 is 0 Å². The van der Waals surface area contributed by atoms with Gasteiger partial charge in [-0.1, -0.05) is 65.9 Å². The lowest BCUT2D eigenvalue weighted by molar-refractivity contribution is -0.239. The Hall–Kier alpha value is -0.340. The molecule has 0 saturated heterocycles. The van der Waals surface area contributed by atoms with Crippen LogP contribution in [0.3, 0.4) is 0 Å². The first kappa shape index (κ1) is 20.7. The van der Waals surface area contributed by atoms with E-state index in [1.165, 1.54) is 38.5 Å². The van der Waals surface area contributed by atoms with E-state index in [1.807, 2.05) is 19.9 Å². The fourth-order valence-electron chi connectivity index (χ4n) is 3.12. The summed E-state index contributed by atoms with van der Waals surface area (Å²) >= 11 is 0. The second kappa shape index (κ2) is 12.2. The zero-order chi connectivity index (χ0) is 16.1. The third kappa shape index (κ3) is 7.46. The maximum atomic E-state index is 6.00. The maximum Gasteiger partial charge on any atom is 0.190 e. The summed E-state index contributed by atoms with van der Waals surface area (Å²) in [5.74, 6) is 0.291. The van der Waals surface area contributed by atoms with Crippen LogP contribution in [0.1, 0.15) is 79.6 Å². The summed E-state index contributed by atoms with van der Waals surface area (Å²) in [5.41, 5.74) is 0. The molecule has 0 amide bonds. The van der Waals surface area contributed by atoms with Gasteiger partial charge in [0.05, 0.1) is 0 Å². The quantitative estimate of drug-likeness (QED) is 0.224. The van der Waals surface area contributed by atoms with Crippen molar-refractivity contribution in [3.8, 4) is 0 Å². The van der Waals surface area contributed by atoms with Gasteiger partial charge in [0, 0.05) is 19.1 Å². The smallest absolute Gasteiger partial charge is 0.190 e. The van der Waals surface area contributed by atoms with Gasteiger partial charge in [-0.2, -0.15) is 0 Å². The summed E-state index contributed by atoms with van der Waals surface area (Å²) in [4.78, 5) is 0. The Labute approximate surface area is 133 Å². The topological polar surface area (TPSA) is 18.5 Å². The Kier molecular flexibility index (Phi) is 12.0. The third-order valence-electron chi connectivity index (χ3n) is 4.21. The highest BCUT2D eigenvalue weighted by Gasteiger charge is 2.39. The van der Waals surface area contributed by atoms with Gasteiger partial charge in [-0.3, -0.25) is 0 Å². The minimum atomic E-state index is -0.610. The number of hydrogen-bond acceptors (Lipinski definition) is 2. The van der Waals surface area contributed by atoms with Crippen molar-refractivity contribution < 1.29 is 9.47 Å². The second-order valence-electron chi connectivity index (χ2n) is 6.20. The summed E-state index contributed by atoms with van der Waals surface area (Å²) in [6, 6.07) is 0. The molecule has 2 nitrogen and oxygen atoms in total. The van der Waals surface area contributed by atoms with Crippen LogP contribution in [-0.2, 0) is 9.47 Å². The number of unbranched alkanes of at least 4 members (excludes halogenated alkanes) is 5. The molecule has 2 heteroatoms. The molecular formula is C19H38O2. The molecule has 126 valence electrons. The van der Waals surface area contributed by atoms with Crippen LogP contribution in [-0.4, -0.2) is 19.0 Å². The monoisotopic (exact) mass is 298 g/mol. The molecule has 0 aliphatic carbocycles. The van der Waals surface area contributed by atoms with Gasteiger partial charge < -0.3 is 9.47 Å². The van der Waals surface area contributed by atoms with E-state index in [2.05, 4.69) is 27.4 Å². The molecule has 0 aromatic carbocycles. The number of ether oxygens (including phenoxy) is 2. The van der Waals surface area contributed by atoms with E-state index in [1.54, 1.807) is 0 Å². The van der Waals surface area contributed by atoms with Gasteiger partial charge in [0.1, 0.15) is 0 Å². The van der Waals surface area contributed by atoms with Crippen LogP contribution in [0, 0.1) is 11.8 Å². The Bertz CT molecular complexity index is 242. The fourth-order valence-corrected chi connectivity index (χ4v) is 3.12. The van der Waals surface area contributed by atoms with E-state index in [-0.39, 0.29) is 0 Å². The van der Waals surface area contributed by atoms with E-state index < -0.39 is 5.79 Å². The highest BCUT2D eigenvalue weighted by atomic mass is 16.7. The first-order chi connectivity index (χ1) is 10.1. The highest BCUT2D eigenvalue weighted by Crippen LogP contribution is 2.35. The van der Waals surface area contributed by atoms with Crippen LogP contribution in [0.5, 0.6) is 0 Å². The van der Waals surface area contributed by atoms with E-state index in [0.29, 0.717) is 25.0 Å². The first-order valence-electron chi connectivity index (χ1n) is 8.99. The van der Waals surface area contributed by atoms with E-state index in [9.17, 15) is 0 Å². The molecule has 21 heavy (non-hydrogen) atoms. The summed E-state index contributed by atoms with van der Waals surface area (Å²) in [6.45, 7) is 16.1. The molecule has 0 N–H and O–H groups in total. The van der Waals surface area contributed by atoms with Crippen molar-refractivity contribution in [1.29, 1.82) is 0 Å². The summed E-state index contributed by atoms with van der Waals surface area (Å²) in [5, 5.41) is 0. The number of hydrogen-bond donors (Lipinski definition) is 0. The van der Waals surface area contributed by atoms with Crippen molar-refractivity contribution in [1.82, 2.24) is 0 Å². The minimum absolute atomic E-state index is 0.376. The Morgan fingerprint density at radius 1 is 0.905 bits per heavy atom. The normalized spacial score (nSPS) is 13.6. The molecule has 0 aliphatic heterocycles. The fraction of sp³-hybridized carbons (Fsp3) is 0.895. The van der Waals surface area contributed by atoms with E-state index in [0.717, 1.165) is 6.42 Å². The minimum Gasteiger partial charge on any atom is -0.346 e. The van der Waals surface area contributed by atoms with Gasteiger partial charge in [-0.25, -0.2) is 0 Å². The van der Waals surface area contributed by atoms with Gasteiger partial charge in [0.2, 0.25) is 0 Å². The lowest BCUT2D eigenvalue weighted by Crippen LogP contribution is -2.44. The molecule has 1 unspecified atom stereocenters. The standard InChI is InChI=1S/C19H38O2/c1-7-11-12-13-14-15-16-18(17(5)6)19(8-2,20-9-3)21-10-4/h8,17-18H,2,7,9-16H2,1,3-6H3. The Morgan fingerprint density at radius 3 is 1.86 bits per heavy atom. The van der Waals surface area contributed by atoms with Crippen molar-refractivity contribution in [2.45, 2.75) is 85.4 Å². The van der Waals surface area contributed by atoms with Gasteiger partial charge in [-0.05, 0) is 32.3 Å². The van der Waals surface area contributed by atoms with Crippen LogP contribution in [0.4, 0.5) is 0 Å². The molecule has 0 aliphatic rings. The average Bonchev–Trinajstić information content (AvgIpc) is 2.46. The molecule has 0 fully saturated rings. The van der Waals surface area contributed by atoms with Crippen molar-refractivity contribution in [3.05, 3.63) is 12.7 Å². The van der Waals surface area contributed by atoms with Crippen molar-refractivity contribution in [2.75, 3.05) is 13.2 Å². The molecule has 0 rings (SSSR count). The molecule has 0 aromatic rings. The molecular weight excluding hydrogens is 260 g/mol. The average molecular weight is 299 g/mol. The van der Waals surface area contributed by atoms with Crippen molar-refractivity contribution in [3.63, 3.8) is 0 Å². The predicted molar refractivity (Wildman–Crippen MR) is 92.5 cm³/mol. The Balaban J connectivity index is 4.56. The van der Waals surface area contributed by atoms with Gasteiger partial charge in [-0.15, -0.1) is 0 Å². The third-order valence-corrected chi connectivity index (χ3v) is 4.21. The zero-order valence-electron chi connectivity index (χ0n) is 15.1. The van der Waals surface area contributed by atoms with Crippen LogP contribution in [0.15, 0.2) is 12.7 Å². The molecule has 0 heterocycles. The molecule has 1 atom stereocenters. The highest BCUT2D eigenvalue weighted by molar-refractivity contribution is 4.96. The number of rotatable bonds is 14. The predicted octanol–water partition coefficient (Wildman–Crippen LogP) is 5.96. The van der Waals surface area contributed by atoms with Crippen LogP contribution in [0.25, 0.3) is 0 Å². The van der Waals surface area contributed by atoms with Crippen molar-refractivity contribution in [2.24, 2.45) is 11.8 Å². The zero-order valence-corrected chi connectivity index (χ0v) is 15.1. The van der Waals surface area contributed by atoms with Gasteiger partial charge in [0.15, 0.2) is 5.79 Å². The van der Waals surface area contributed by atoms with E-state index >= 15 is 0 Å². The first-order valence-corrected chi connectivity index (χ1v) is 8.99. The lowest BCUT2D eigenvalue weighted by Gasteiger charge is -2.40. The van der Waals surface area contributed by atoms with Gasteiger partial charge >= 0.3 is 0 Å².